The molecule has 3 aliphatic heterocycles. The van der Waals surface area contributed by atoms with Crippen LogP contribution in [0.15, 0.2) is 5.11 Å². The summed E-state index contributed by atoms with van der Waals surface area (Å²) in [6.07, 6.45) is -20.0. The summed E-state index contributed by atoms with van der Waals surface area (Å²) in [4.78, 5) is 2.70. The molecule has 4 rings (SSSR count). The number of nitrogens with two attached hydrogens (primary N) is 6. The Hall–Kier alpha value is -1.41. The molecule has 0 spiro atoms. The lowest BCUT2D eigenvalue weighted by atomic mass is 9.84. The Balaban J connectivity index is 1.54. The van der Waals surface area contributed by atoms with Crippen molar-refractivity contribution in [2.24, 2.45) is 39.5 Å². The predicted octanol–water partition coefficient (Wildman–Crippen LogP) is -7.58. The van der Waals surface area contributed by atoms with Gasteiger partial charge in [0, 0.05) is 30.1 Å². The number of hydrogen-bond acceptors (Lipinski definition) is 19. The van der Waals surface area contributed by atoms with Crippen molar-refractivity contribution in [3.8, 4) is 0 Å². The van der Waals surface area contributed by atoms with Crippen molar-refractivity contribution >= 4 is 0 Å². The summed E-state index contributed by atoms with van der Waals surface area (Å²) in [6, 6.07) is -4.26. The van der Waals surface area contributed by atoms with Gasteiger partial charge < -0.3 is 93.5 Å². The first-order valence-electron chi connectivity index (χ1n) is 14.3. The number of aliphatic hydroxyl groups is 6. The third-order valence-corrected chi connectivity index (χ3v) is 8.52. The van der Waals surface area contributed by atoms with Crippen LogP contribution < -0.4 is 34.4 Å². The molecule has 1 aliphatic carbocycles. The fourth-order valence-electron chi connectivity index (χ4n) is 5.86. The van der Waals surface area contributed by atoms with Crippen LogP contribution in [0, 0.1) is 0 Å². The number of aliphatic hydroxyl groups excluding tert-OH is 6. The molecule has 3 saturated heterocycles. The third-order valence-electron chi connectivity index (χ3n) is 8.52. The normalized spacial score (nSPS) is 51.6. The molecule has 0 aromatic carbocycles. The van der Waals surface area contributed by atoms with Crippen LogP contribution in [0.3, 0.4) is 0 Å². The van der Waals surface area contributed by atoms with E-state index in [1.807, 2.05) is 0 Å². The summed E-state index contributed by atoms with van der Waals surface area (Å²) in [6.45, 7) is -0.690. The van der Waals surface area contributed by atoms with Gasteiger partial charge in [-0.2, -0.15) is 0 Å². The highest BCUT2D eigenvalue weighted by atomic mass is 16.8. The summed E-state index contributed by atoms with van der Waals surface area (Å²) in [5, 5.41) is 66.9. The SMILES string of the molecule is [N-]=[N+]=NC[C@H]1OC(O[C@@H]2[C@@H](O)[C@H](N)C[C@H](N)[C@H]2O[C@H]2O[C@H](CN)[C@@H](O)[C@H](O)[C@H]2N)[C@H](O)[C@@H]1O[C@H]1O[C@H](CN)[C@@H](O)[C@H](O)[C@H]1N. The molecule has 1 saturated carbocycles. The van der Waals surface area contributed by atoms with Crippen LogP contribution in [0.2, 0.25) is 0 Å². The lowest BCUT2D eigenvalue weighted by Gasteiger charge is -2.47. The van der Waals surface area contributed by atoms with Crippen LogP contribution in [0.5, 0.6) is 0 Å². The van der Waals surface area contributed by atoms with Gasteiger partial charge in [-0.25, -0.2) is 0 Å². The average molecular weight is 640 g/mol. The van der Waals surface area contributed by atoms with E-state index < -0.39 is 116 Å². The lowest BCUT2D eigenvalue weighted by molar-refractivity contribution is -0.306. The van der Waals surface area contributed by atoms with Gasteiger partial charge >= 0.3 is 0 Å². The fourth-order valence-corrected chi connectivity index (χ4v) is 5.86. The zero-order valence-electron chi connectivity index (χ0n) is 23.7. The summed E-state index contributed by atoms with van der Waals surface area (Å²) in [5.41, 5.74) is 44.7. The first-order chi connectivity index (χ1) is 20.8. The predicted molar refractivity (Wildman–Crippen MR) is 145 cm³/mol. The van der Waals surface area contributed by atoms with Crippen molar-refractivity contribution in [1.29, 1.82) is 0 Å². The van der Waals surface area contributed by atoms with E-state index in [9.17, 15) is 30.6 Å². The van der Waals surface area contributed by atoms with Crippen molar-refractivity contribution in [2.75, 3.05) is 19.6 Å². The Kier molecular flexibility index (Phi) is 12.1. The molecule has 21 heteroatoms. The molecule has 21 nitrogen and oxygen atoms in total. The molecule has 0 amide bonds. The summed E-state index contributed by atoms with van der Waals surface area (Å²) in [5.74, 6) is 0. The van der Waals surface area contributed by atoms with E-state index in [4.69, 9.17) is 68.4 Å². The van der Waals surface area contributed by atoms with Crippen LogP contribution in [0.1, 0.15) is 6.42 Å². The molecule has 44 heavy (non-hydrogen) atoms. The molecule has 4 fully saturated rings. The number of hydrogen-bond donors (Lipinski definition) is 12. The minimum atomic E-state index is -1.63. The van der Waals surface area contributed by atoms with E-state index >= 15 is 0 Å². The monoisotopic (exact) mass is 639 g/mol. The van der Waals surface area contributed by atoms with Gasteiger partial charge in [0.05, 0.1) is 30.8 Å². The van der Waals surface area contributed by atoms with Crippen LogP contribution in [-0.2, 0) is 28.4 Å². The maximum absolute atomic E-state index is 11.3. The van der Waals surface area contributed by atoms with Gasteiger partial charge in [0.25, 0.3) is 0 Å². The van der Waals surface area contributed by atoms with Crippen molar-refractivity contribution in [2.45, 2.75) is 123 Å². The van der Waals surface area contributed by atoms with E-state index in [0.29, 0.717) is 0 Å². The molecule has 18 N–H and O–H groups in total. The Morgan fingerprint density at radius 1 is 0.614 bits per heavy atom. The second kappa shape index (κ2) is 15.0. The van der Waals surface area contributed by atoms with E-state index in [2.05, 4.69) is 10.0 Å². The van der Waals surface area contributed by atoms with Crippen molar-refractivity contribution < 1.29 is 59.1 Å². The Labute approximate surface area is 251 Å². The molecule has 254 valence electrons. The zero-order valence-corrected chi connectivity index (χ0v) is 23.7. The summed E-state index contributed by atoms with van der Waals surface area (Å²) in [7, 11) is 0. The second-order valence-corrected chi connectivity index (χ2v) is 11.5. The molecule has 0 aromatic rings. The van der Waals surface area contributed by atoms with Gasteiger partial charge in [-0.05, 0) is 12.0 Å². The third kappa shape index (κ3) is 7.11. The van der Waals surface area contributed by atoms with Crippen LogP contribution in [0.4, 0.5) is 0 Å². The highest BCUT2D eigenvalue weighted by Gasteiger charge is 2.54. The molecular formula is C23H45N9O12. The Morgan fingerprint density at radius 3 is 1.59 bits per heavy atom. The van der Waals surface area contributed by atoms with E-state index in [1.54, 1.807) is 0 Å². The van der Waals surface area contributed by atoms with E-state index in [0.717, 1.165) is 0 Å². The average Bonchev–Trinajstić information content (AvgIpc) is 3.29. The first-order valence-corrected chi connectivity index (χ1v) is 14.3. The van der Waals surface area contributed by atoms with Crippen molar-refractivity contribution in [3.63, 3.8) is 0 Å². The minimum Gasteiger partial charge on any atom is -0.389 e. The lowest BCUT2D eigenvalue weighted by Crippen LogP contribution is -2.68. The highest BCUT2D eigenvalue weighted by molar-refractivity contribution is 5.02. The molecule has 0 bridgehead atoms. The molecular weight excluding hydrogens is 594 g/mol. The first kappa shape index (κ1) is 35.4. The van der Waals surface area contributed by atoms with Gasteiger partial charge in [0.15, 0.2) is 18.9 Å². The minimum absolute atomic E-state index is 0.0753. The van der Waals surface area contributed by atoms with Crippen LogP contribution in [0.25, 0.3) is 10.4 Å². The topological polar surface area (TPSA) is 382 Å². The molecule has 0 aromatic heterocycles. The van der Waals surface area contributed by atoms with E-state index in [1.165, 1.54) is 0 Å². The Bertz CT molecular complexity index is 985. The van der Waals surface area contributed by atoms with Gasteiger partial charge in [0.1, 0.15) is 61.0 Å². The number of ether oxygens (including phenoxy) is 6. The number of azide groups is 1. The van der Waals surface area contributed by atoms with Gasteiger partial charge in [-0.15, -0.1) is 0 Å². The standard InChI is InChI=1S/C23H45N9O12/c24-2-7-13(34)15(36)10(28)21(39-7)42-18-6(27)1-5(26)12(33)20(18)44-23-17(38)19(9(41-23)4-31-32-30)43-22-11(29)16(37)14(35)8(3-25)40-22/h5-23,33-38H,1-4,24-29H2/t5-,6+,7-,8-,9-,10-,11-,12+,13-,14-,15-,16-,17-,18-,19-,20-,21-,22-,23?/m1/s1. The smallest absolute Gasteiger partial charge is 0.187 e. The highest BCUT2D eigenvalue weighted by Crippen LogP contribution is 2.34. The zero-order chi connectivity index (χ0) is 32.5. The molecule has 1 unspecified atom stereocenters. The van der Waals surface area contributed by atoms with Gasteiger partial charge in [0.2, 0.25) is 0 Å². The van der Waals surface area contributed by atoms with Crippen molar-refractivity contribution in [3.05, 3.63) is 10.4 Å². The second-order valence-electron chi connectivity index (χ2n) is 11.5. The molecule has 0 radical (unpaired) electrons. The molecule has 19 atom stereocenters. The Morgan fingerprint density at radius 2 is 1.09 bits per heavy atom. The molecule has 3 heterocycles. The number of nitrogens with zero attached hydrogens (tertiary/aromatic N) is 3. The van der Waals surface area contributed by atoms with Crippen LogP contribution in [-0.4, -0.2) is 167 Å². The summed E-state index contributed by atoms with van der Waals surface area (Å²) < 4.78 is 35.0. The van der Waals surface area contributed by atoms with E-state index in [-0.39, 0.29) is 26.1 Å². The van der Waals surface area contributed by atoms with Gasteiger partial charge in [-0.1, -0.05) is 5.11 Å². The quantitative estimate of drug-likeness (QED) is 0.0599. The van der Waals surface area contributed by atoms with Crippen molar-refractivity contribution in [1.82, 2.24) is 0 Å². The maximum atomic E-state index is 11.3. The summed E-state index contributed by atoms with van der Waals surface area (Å²) >= 11 is 0. The fraction of sp³-hybridized carbons (Fsp3) is 1.00. The molecule has 4 aliphatic rings. The number of rotatable bonds is 10. The maximum Gasteiger partial charge on any atom is 0.187 e. The van der Waals surface area contributed by atoms with Gasteiger partial charge in [-0.3, -0.25) is 0 Å². The van der Waals surface area contributed by atoms with Crippen LogP contribution >= 0.6 is 0 Å². The largest absolute Gasteiger partial charge is 0.389 e.